The van der Waals surface area contributed by atoms with E-state index in [1.54, 1.807) is 28.4 Å². The molecule has 6 heterocycles. The zero-order chi connectivity index (χ0) is 31.8. The molecule has 0 amide bonds. The second-order valence-corrected chi connectivity index (χ2v) is 12.3. The molecule has 46 heavy (non-hydrogen) atoms. The predicted molar refractivity (Wildman–Crippen MR) is 177 cm³/mol. The summed E-state index contributed by atoms with van der Waals surface area (Å²) < 4.78 is 36.9. The van der Waals surface area contributed by atoms with Crippen molar-refractivity contribution in [1.29, 1.82) is 0 Å². The van der Waals surface area contributed by atoms with Gasteiger partial charge in [0.05, 0.1) is 28.4 Å². The monoisotopic (exact) mass is 622 g/mol. The van der Waals surface area contributed by atoms with Crippen LogP contribution in [0.3, 0.4) is 0 Å². The van der Waals surface area contributed by atoms with Crippen molar-refractivity contribution in [2.24, 2.45) is 0 Å². The Morgan fingerprint density at radius 1 is 0.696 bits per heavy atom. The summed E-state index contributed by atoms with van der Waals surface area (Å²) in [6, 6.07) is 21.4. The molecule has 0 spiro atoms. The number of rotatable bonds is 4. The molecule has 6 aliphatic rings. The maximum Gasteiger partial charge on any atom is 0.204 e. The maximum absolute atomic E-state index is 6.77. The Labute approximate surface area is 271 Å². The van der Waals surface area contributed by atoms with Gasteiger partial charge in [0.1, 0.15) is 12.4 Å². The van der Waals surface area contributed by atoms with Crippen molar-refractivity contribution in [3.05, 3.63) is 99.6 Å². The topological polar surface area (TPSA) is 70.7 Å². The van der Waals surface area contributed by atoms with Crippen LogP contribution in [0.2, 0.25) is 0 Å². The lowest BCUT2D eigenvalue weighted by molar-refractivity contribution is 0.221. The second-order valence-electron chi connectivity index (χ2n) is 12.3. The summed E-state index contributed by atoms with van der Waals surface area (Å²) in [6.45, 7) is 2.20. The van der Waals surface area contributed by atoms with E-state index in [2.05, 4.69) is 65.8 Å². The van der Waals surface area contributed by atoms with E-state index in [9.17, 15) is 0 Å². The molecule has 6 aliphatic heterocycles. The third kappa shape index (κ3) is 5.50. The first kappa shape index (κ1) is 30.3. The molecule has 4 aromatic rings. The molecule has 0 saturated heterocycles. The highest BCUT2D eigenvalue weighted by Gasteiger charge is 2.33. The van der Waals surface area contributed by atoms with Crippen molar-refractivity contribution in [3.8, 4) is 40.2 Å². The third-order valence-corrected chi connectivity index (χ3v) is 9.65. The first-order valence-corrected chi connectivity index (χ1v) is 16.0. The second kappa shape index (κ2) is 12.8. The molecule has 0 saturated carbocycles. The number of nitrogens with one attached hydrogen (secondary N) is 1. The summed E-state index contributed by atoms with van der Waals surface area (Å²) in [4.78, 5) is 2.41. The Bertz CT molecular complexity index is 1720. The number of ether oxygens (including phenoxy) is 6. The largest absolute Gasteiger partial charge is 0.493 e. The van der Waals surface area contributed by atoms with Gasteiger partial charge in [0.15, 0.2) is 23.0 Å². The van der Waals surface area contributed by atoms with E-state index in [1.165, 1.54) is 22.3 Å². The Morgan fingerprint density at radius 2 is 1.35 bits per heavy atom. The van der Waals surface area contributed by atoms with Crippen LogP contribution in [0.5, 0.6) is 40.2 Å². The molecule has 6 bridgehead atoms. The normalized spacial score (nSPS) is 19.0. The van der Waals surface area contributed by atoms with Crippen LogP contribution >= 0.6 is 0 Å². The molecular formula is C38H42N2O6. The van der Waals surface area contributed by atoms with E-state index < -0.39 is 0 Å². The molecule has 0 fully saturated rings. The fraction of sp³-hybridized carbons (Fsp3) is 0.368. The number of likely N-dealkylation sites (N-methyl/N-ethyl adjacent to an activating group) is 1. The number of benzene rings is 4. The Balaban J connectivity index is 1.37. The smallest absolute Gasteiger partial charge is 0.204 e. The fourth-order valence-corrected chi connectivity index (χ4v) is 7.25. The van der Waals surface area contributed by atoms with Gasteiger partial charge in [-0.3, -0.25) is 4.90 Å². The standard InChI is InChI=1S/C38H42N2O6/c1-40-17-15-27-21-31(41-2)35(43-4)38-34(27)30(40)19-24-6-8-25(9-7-24)22-45-36-32(42-3)20-26-14-16-39-29(33(26)37(36)44-5)18-23-10-12-28(46-38)13-11-23/h6-13,20-21,29-30,39H,14-19,22H2,1-5H3. The van der Waals surface area contributed by atoms with Gasteiger partial charge in [-0.2, -0.15) is 0 Å². The molecule has 8 heteroatoms. The zero-order valence-electron chi connectivity index (χ0n) is 27.3. The number of hydrogen-bond acceptors (Lipinski definition) is 8. The quantitative estimate of drug-likeness (QED) is 0.273. The van der Waals surface area contributed by atoms with Gasteiger partial charge >= 0.3 is 0 Å². The van der Waals surface area contributed by atoms with Crippen LogP contribution in [-0.4, -0.2) is 53.5 Å². The van der Waals surface area contributed by atoms with Gasteiger partial charge in [-0.15, -0.1) is 0 Å². The molecule has 0 aliphatic carbocycles. The SMILES string of the molecule is COc1cc2c3c(OC)c1OCc1ccc(cc1)CC1c4c(cc(OC)c(OC)c4Oc4ccc(cc4)CC3NCC2)CCN1C. The van der Waals surface area contributed by atoms with Gasteiger partial charge in [0.25, 0.3) is 0 Å². The molecule has 2 unspecified atom stereocenters. The molecule has 8 nitrogen and oxygen atoms in total. The summed E-state index contributed by atoms with van der Waals surface area (Å²) in [5, 5.41) is 3.73. The summed E-state index contributed by atoms with van der Waals surface area (Å²) >= 11 is 0. The van der Waals surface area contributed by atoms with Crippen molar-refractivity contribution in [2.45, 2.75) is 44.4 Å². The average molecular weight is 623 g/mol. The number of nitrogens with zero attached hydrogens (tertiary/aromatic N) is 1. The number of hydrogen-bond donors (Lipinski definition) is 1. The van der Waals surface area contributed by atoms with Crippen molar-refractivity contribution < 1.29 is 28.4 Å². The zero-order valence-corrected chi connectivity index (χ0v) is 27.3. The van der Waals surface area contributed by atoms with Crippen LogP contribution < -0.4 is 33.7 Å². The minimum atomic E-state index is 0.0467. The fourth-order valence-electron chi connectivity index (χ4n) is 7.25. The Hall–Kier alpha value is -4.40. The highest BCUT2D eigenvalue weighted by atomic mass is 16.5. The minimum absolute atomic E-state index is 0.0467. The van der Waals surface area contributed by atoms with Gasteiger partial charge in [0, 0.05) is 29.8 Å². The molecule has 0 radical (unpaired) electrons. The van der Waals surface area contributed by atoms with Crippen LogP contribution in [0.15, 0.2) is 60.7 Å². The van der Waals surface area contributed by atoms with E-state index in [1.807, 2.05) is 12.1 Å². The summed E-state index contributed by atoms with van der Waals surface area (Å²) in [7, 11) is 8.94. The van der Waals surface area contributed by atoms with Gasteiger partial charge in [-0.25, -0.2) is 0 Å². The minimum Gasteiger partial charge on any atom is -0.493 e. The highest BCUT2D eigenvalue weighted by Crippen LogP contribution is 2.50. The molecule has 2 atom stereocenters. The summed E-state index contributed by atoms with van der Waals surface area (Å²) in [6.07, 6.45) is 3.38. The first-order valence-electron chi connectivity index (χ1n) is 16.0. The lowest BCUT2D eigenvalue weighted by atomic mass is 9.87. The van der Waals surface area contributed by atoms with E-state index in [0.29, 0.717) is 29.6 Å². The van der Waals surface area contributed by atoms with Gasteiger partial charge < -0.3 is 33.7 Å². The summed E-state index contributed by atoms with van der Waals surface area (Å²) in [5.74, 6) is 4.82. The molecule has 1 N–H and O–H groups in total. The van der Waals surface area contributed by atoms with Crippen LogP contribution in [0, 0.1) is 0 Å². The molecule has 10 rings (SSSR count). The molecule has 4 aromatic carbocycles. The molecule has 240 valence electrons. The molecular weight excluding hydrogens is 580 g/mol. The van der Waals surface area contributed by atoms with Crippen LogP contribution in [0.4, 0.5) is 0 Å². The number of methoxy groups -OCH3 is 4. The average Bonchev–Trinajstić information content (AvgIpc) is 3.08. The highest BCUT2D eigenvalue weighted by molar-refractivity contribution is 5.63. The van der Waals surface area contributed by atoms with E-state index >= 15 is 0 Å². The maximum atomic E-state index is 6.77. The Morgan fingerprint density at radius 3 is 2.07 bits per heavy atom. The van der Waals surface area contributed by atoms with E-state index in [4.69, 9.17) is 28.4 Å². The van der Waals surface area contributed by atoms with Crippen molar-refractivity contribution in [1.82, 2.24) is 10.2 Å². The lowest BCUT2D eigenvalue weighted by Crippen LogP contribution is -2.34. The first-order chi connectivity index (χ1) is 22.5. The van der Waals surface area contributed by atoms with Crippen LogP contribution in [-0.2, 0) is 32.3 Å². The third-order valence-electron chi connectivity index (χ3n) is 9.65. The van der Waals surface area contributed by atoms with Crippen LogP contribution in [0.1, 0.15) is 51.0 Å². The van der Waals surface area contributed by atoms with E-state index in [0.717, 1.165) is 72.7 Å². The summed E-state index contributed by atoms with van der Waals surface area (Å²) in [5.41, 5.74) is 8.19. The van der Waals surface area contributed by atoms with Gasteiger partial charge in [-0.1, -0.05) is 36.4 Å². The van der Waals surface area contributed by atoms with Gasteiger partial charge in [-0.05, 0) is 91.4 Å². The van der Waals surface area contributed by atoms with Crippen molar-refractivity contribution in [2.75, 3.05) is 48.6 Å². The van der Waals surface area contributed by atoms with Crippen molar-refractivity contribution in [3.63, 3.8) is 0 Å². The molecule has 0 aromatic heterocycles. The Kier molecular flexibility index (Phi) is 8.40. The predicted octanol–water partition coefficient (Wildman–Crippen LogP) is 6.61. The van der Waals surface area contributed by atoms with Crippen LogP contribution in [0.25, 0.3) is 0 Å². The van der Waals surface area contributed by atoms with Gasteiger partial charge in [0.2, 0.25) is 11.5 Å². The van der Waals surface area contributed by atoms with E-state index in [-0.39, 0.29) is 12.1 Å². The van der Waals surface area contributed by atoms with Crippen molar-refractivity contribution >= 4 is 0 Å². The lowest BCUT2D eigenvalue weighted by Gasteiger charge is -2.36.